The third-order valence-corrected chi connectivity index (χ3v) is 2.96. The van der Waals surface area contributed by atoms with E-state index >= 15 is 0 Å². The minimum absolute atomic E-state index is 0.0515. The molecule has 0 amide bonds. The van der Waals surface area contributed by atoms with Gasteiger partial charge in [-0.15, -0.1) is 0 Å². The van der Waals surface area contributed by atoms with E-state index in [1.54, 1.807) is 13.2 Å². The Morgan fingerprint density at radius 1 is 1.60 bits per heavy atom. The third kappa shape index (κ3) is 2.14. The summed E-state index contributed by atoms with van der Waals surface area (Å²) in [5.41, 5.74) is 3.78. The molecule has 0 bridgehead atoms. The molecule has 0 spiro atoms. The molecule has 1 heterocycles. The van der Waals surface area contributed by atoms with Gasteiger partial charge in [0.1, 0.15) is 11.6 Å². The average molecular weight is 276 g/mol. The number of hydrogen-bond donors (Lipinski definition) is 1. The Morgan fingerprint density at radius 3 is 3.13 bits per heavy atom. The van der Waals surface area contributed by atoms with Gasteiger partial charge in [-0.2, -0.15) is 5.48 Å². The molecule has 3 nitrogen and oxygen atoms in total. The van der Waals surface area contributed by atoms with Crippen LogP contribution in [0.5, 0.6) is 5.75 Å². The predicted octanol–water partition coefficient (Wildman–Crippen LogP) is 2.56. The van der Waals surface area contributed by atoms with Gasteiger partial charge in [-0.05, 0) is 22.0 Å². The molecule has 1 aromatic rings. The second-order valence-electron chi connectivity index (χ2n) is 3.32. The van der Waals surface area contributed by atoms with Crippen molar-refractivity contribution in [1.29, 1.82) is 0 Å². The monoisotopic (exact) mass is 275 g/mol. The van der Waals surface area contributed by atoms with E-state index in [0.29, 0.717) is 16.8 Å². The number of ether oxygens (including phenoxy) is 1. The van der Waals surface area contributed by atoms with Crippen LogP contribution in [0.1, 0.15) is 18.0 Å². The maximum atomic E-state index is 13.2. The Balaban J connectivity index is 2.38. The van der Waals surface area contributed by atoms with Crippen molar-refractivity contribution in [2.24, 2.45) is 0 Å². The molecule has 1 N–H and O–H groups in total. The van der Waals surface area contributed by atoms with E-state index in [4.69, 9.17) is 9.57 Å². The smallest absolute Gasteiger partial charge is 0.141 e. The number of fused-ring (bicyclic) bond motifs is 1. The summed E-state index contributed by atoms with van der Waals surface area (Å²) in [7, 11) is 1.56. The largest absolute Gasteiger partial charge is 0.493 e. The fourth-order valence-corrected chi connectivity index (χ4v) is 2.01. The lowest BCUT2D eigenvalue weighted by Gasteiger charge is -2.26. The van der Waals surface area contributed by atoms with Crippen molar-refractivity contribution >= 4 is 15.9 Å². The van der Waals surface area contributed by atoms with Crippen LogP contribution in [0, 0.1) is 5.82 Å². The summed E-state index contributed by atoms with van der Waals surface area (Å²) < 4.78 is 19.1. The normalized spacial score (nSPS) is 19.5. The van der Waals surface area contributed by atoms with E-state index in [0.717, 1.165) is 12.0 Å². The highest BCUT2D eigenvalue weighted by Gasteiger charge is 2.22. The molecular formula is C10H11BrFNO2. The summed E-state index contributed by atoms with van der Waals surface area (Å²) in [5.74, 6) is 0.267. The SMILES string of the molecule is CONC1CCOc2cc(F)c(Br)cc21. The summed E-state index contributed by atoms with van der Waals surface area (Å²) in [6.07, 6.45) is 0.804. The van der Waals surface area contributed by atoms with Crippen molar-refractivity contribution < 1.29 is 14.0 Å². The number of benzene rings is 1. The van der Waals surface area contributed by atoms with Crippen molar-refractivity contribution in [3.63, 3.8) is 0 Å². The predicted molar refractivity (Wildman–Crippen MR) is 57.1 cm³/mol. The highest BCUT2D eigenvalue weighted by atomic mass is 79.9. The quantitative estimate of drug-likeness (QED) is 0.842. The second kappa shape index (κ2) is 4.47. The first kappa shape index (κ1) is 10.9. The molecule has 0 saturated heterocycles. The number of halogens is 2. The Hall–Kier alpha value is -0.650. The molecule has 0 aliphatic carbocycles. The maximum absolute atomic E-state index is 13.2. The van der Waals surface area contributed by atoms with Crippen LogP contribution in [0.3, 0.4) is 0 Å². The highest BCUT2D eigenvalue weighted by Crippen LogP contribution is 2.35. The standard InChI is InChI=1S/C10H11BrFNO2/c1-14-13-9-2-3-15-10-5-8(12)7(11)4-6(9)10/h4-5,9,13H,2-3H2,1H3. The second-order valence-corrected chi connectivity index (χ2v) is 4.17. The van der Waals surface area contributed by atoms with E-state index in [9.17, 15) is 4.39 Å². The van der Waals surface area contributed by atoms with Gasteiger partial charge in [0.25, 0.3) is 0 Å². The van der Waals surface area contributed by atoms with Crippen LogP contribution in [0.15, 0.2) is 16.6 Å². The van der Waals surface area contributed by atoms with Gasteiger partial charge in [-0.3, -0.25) is 0 Å². The number of hydrogen-bond acceptors (Lipinski definition) is 3. The molecule has 0 saturated carbocycles. The molecule has 0 fully saturated rings. The molecule has 2 rings (SSSR count). The van der Waals surface area contributed by atoms with Gasteiger partial charge in [0.05, 0.1) is 24.2 Å². The maximum Gasteiger partial charge on any atom is 0.141 e. The lowest BCUT2D eigenvalue weighted by Crippen LogP contribution is -2.26. The summed E-state index contributed by atoms with van der Waals surface area (Å²) in [6, 6.07) is 3.17. The zero-order valence-corrected chi connectivity index (χ0v) is 9.80. The molecule has 5 heteroatoms. The Morgan fingerprint density at radius 2 is 2.40 bits per heavy atom. The van der Waals surface area contributed by atoms with E-state index < -0.39 is 0 Å². The highest BCUT2D eigenvalue weighted by molar-refractivity contribution is 9.10. The van der Waals surface area contributed by atoms with Crippen molar-refractivity contribution in [1.82, 2.24) is 5.48 Å². The fourth-order valence-electron chi connectivity index (χ4n) is 1.65. The van der Waals surface area contributed by atoms with Crippen LogP contribution in [0.25, 0.3) is 0 Å². The first-order valence-electron chi connectivity index (χ1n) is 4.62. The molecule has 1 unspecified atom stereocenters. The van der Waals surface area contributed by atoms with E-state index in [-0.39, 0.29) is 11.9 Å². The first-order valence-corrected chi connectivity index (χ1v) is 5.42. The fraction of sp³-hybridized carbons (Fsp3) is 0.400. The Kier molecular flexibility index (Phi) is 3.23. The average Bonchev–Trinajstić information content (AvgIpc) is 2.21. The van der Waals surface area contributed by atoms with Crippen LogP contribution in [0.4, 0.5) is 4.39 Å². The van der Waals surface area contributed by atoms with Crippen LogP contribution >= 0.6 is 15.9 Å². The lowest BCUT2D eigenvalue weighted by molar-refractivity contribution is 0.0462. The number of nitrogens with one attached hydrogen (secondary N) is 1. The van der Waals surface area contributed by atoms with E-state index in [1.165, 1.54) is 6.07 Å². The molecule has 82 valence electrons. The topological polar surface area (TPSA) is 30.5 Å². The molecule has 0 aromatic heterocycles. The molecule has 1 aromatic carbocycles. The van der Waals surface area contributed by atoms with Gasteiger partial charge in [0.15, 0.2) is 0 Å². The molecule has 1 aliphatic rings. The summed E-state index contributed by atoms with van der Waals surface area (Å²) in [4.78, 5) is 4.89. The van der Waals surface area contributed by atoms with E-state index in [2.05, 4.69) is 21.4 Å². The van der Waals surface area contributed by atoms with Gasteiger partial charge < -0.3 is 9.57 Å². The molecule has 1 atom stereocenters. The molecular weight excluding hydrogens is 265 g/mol. The molecule has 1 aliphatic heterocycles. The lowest BCUT2D eigenvalue weighted by atomic mass is 10.0. The van der Waals surface area contributed by atoms with Crippen LogP contribution < -0.4 is 10.2 Å². The third-order valence-electron chi connectivity index (χ3n) is 2.35. The van der Waals surface area contributed by atoms with Crippen LogP contribution in [-0.2, 0) is 4.84 Å². The van der Waals surface area contributed by atoms with Crippen molar-refractivity contribution in [3.05, 3.63) is 28.0 Å². The minimum Gasteiger partial charge on any atom is -0.493 e. The van der Waals surface area contributed by atoms with Crippen molar-refractivity contribution in [2.75, 3.05) is 13.7 Å². The first-order chi connectivity index (χ1) is 7.22. The van der Waals surface area contributed by atoms with Gasteiger partial charge in [-0.25, -0.2) is 4.39 Å². The Labute approximate surface area is 95.6 Å². The van der Waals surface area contributed by atoms with Gasteiger partial charge in [0.2, 0.25) is 0 Å². The van der Waals surface area contributed by atoms with Gasteiger partial charge >= 0.3 is 0 Å². The summed E-state index contributed by atoms with van der Waals surface area (Å²) in [6.45, 7) is 0.565. The number of rotatable bonds is 2. The summed E-state index contributed by atoms with van der Waals surface area (Å²) in [5, 5.41) is 0. The summed E-state index contributed by atoms with van der Waals surface area (Å²) >= 11 is 3.15. The Bertz CT molecular complexity index is 373. The zero-order chi connectivity index (χ0) is 10.8. The van der Waals surface area contributed by atoms with Gasteiger partial charge in [-0.1, -0.05) is 0 Å². The van der Waals surface area contributed by atoms with E-state index in [1.807, 2.05) is 0 Å². The van der Waals surface area contributed by atoms with Crippen LogP contribution in [0.2, 0.25) is 0 Å². The molecule has 15 heavy (non-hydrogen) atoms. The van der Waals surface area contributed by atoms with Crippen molar-refractivity contribution in [2.45, 2.75) is 12.5 Å². The van der Waals surface area contributed by atoms with Crippen LogP contribution in [-0.4, -0.2) is 13.7 Å². The van der Waals surface area contributed by atoms with Gasteiger partial charge in [0, 0.05) is 18.1 Å². The van der Waals surface area contributed by atoms with Crippen molar-refractivity contribution in [3.8, 4) is 5.75 Å². The number of hydroxylamine groups is 1. The molecule has 0 radical (unpaired) electrons. The minimum atomic E-state index is -0.313. The zero-order valence-electron chi connectivity index (χ0n) is 8.22.